The van der Waals surface area contributed by atoms with Gasteiger partial charge in [-0.05, 0) is 26.3 Å². The molecule has 0 spiro atoms. The van der Waals surface area contributed by atoms with E-state index in [-0.39, 0.29) is 4.87 Å². The molecular formula is C9H14N2OS. The molecule has 0 radical (unpaired) electrons. The van der Waals surface area contributed by atoms with E-state index in [1.165, 1.54) is 34.7 Å². The first kappa shape index (κ1) is 8.97. The molecule has 2 rings (SSSR count). The zero-order valence-corrected chi connectivity index (χ0v) is 8.54. The second-order valence-corrected chi connectivity index (χ2v) is 4.57. The first-order valence-electron chi connectivity index (χ1n) is 4.67. The monoisotopic (exact) mass is 198 g/mol. The molecule has 13 heavy (non-hydrogen) atoms. The summed E-state index contributed by atoms with van der Waals surface area (Å²) >= 11 is 1.38. The average Bonchev–Trinajstić information content (AvgIpc) is 2.47. The summed E-state index contributed by atoms with van der Waals surface area (Å²) in [6, 6.07) is 0. The molecule has 1 unspecified atom stereocenters. The van der Waals surface area contributed by atoms with Crippen molar-refractivity contribution in [2.45, 2.75) is 25.2 Å². The van der Waals surface area contributed by atoms with Crippen molar-refractivity contribution in [1.29, 1.82) is 0 Å². The number of fused-ring (bicyclic) bond motifs is 1. The summed E-state index contributed by atoms with van der Waals surface area (Å²) in [5.74, 6) is 0.521. The number of nitrogens with one attached hydrogen (secondary N) is 2. The molecule has 72 valence electrons. The first-order chi connectivity index (χ1) is 6.31. The van der Waals surface area contributed by atoms with Crippen LogP contribution in [-0.4, -0.2) is 18.6 Å². The fraction of sp³-hybridized carbons (Fsp3) is 0.667. The van der Waals surface area contributed by atoms with Crippen LogP contribution < -0.4 is 10.2 Å². The SMILES string of the molecule is CNCC1CCCc2sc(=O)[nH]c21. The number of rotatable bonds is 2. The van der Waals surface area contributed by atoms with Gasteiger partial charge in [0, 0.05) is 23.0 Å². The molecule has 1 aromatic rings. The van der Waals surface area contributed by atoms with E-state index in [1.54, 1.807) is 0 Å². The number of hydrogen-bond donors (Lipinski definition) is 2. The molecule has 0 saturated heterocycles. The molecule has 1 heterocycles. The van der Waals surface area contributed by atoms with Crippen LogP contribution in [0.2, 0.25) is 0 Å². The molecule has 1 aliphatic carbocycles. The summed E-state index contributed by atoms with van der Waals surface area (Å²) in [5.41, 5.74) is 1.19. The van der Waals surface area contributed by atoms with Crippen molar-refractivity contribution in [1.82, 2.24) is 10.3 Å². The Morgan fingerprint density at radius 1 is 1.69 bits per heavy atom. The van der Waals surface area contributed by atoms with E-state index < -0.39 is 0 Å². The summed E-state index contributed by atoms with van der Waals surface area (Å²) in [7, 11) is 1.96. The summed E-state index contributed by atoms with van der Waals surface area (Å²) in [4.78, 5) is 15.5. The zero-order chi connectivity index (χ0) is 9.26. The maximum Gasteiger partial charge on any atom is 0.304 e. The van der Waals surface area contributed by atoms with Gasteiger partial charge in [0.1, 0.15) is 0 Å². The molecule has 0 amide bonds. The normalized spacial score (nSPS) is 21.5. The fourth-order valence-corrected chi connectivity index (χ4v) is 2.95. The quantitative estimate of drug-likeness (QED) is 0.747. The van der Waals surface area contributed by atoms with Crippen LogP contribution in [0.3, 0.4) is 0 Å². The topological polar surface area (TPSA) is 44.9 Å². The van der Waals surface area contributed by atoms with Crippen molar-refractivity contribution in [2.75, 3.05) is 13.6 Å². The molecule has 1 aliphatic rings. The fourth-order valence-electron chi connectivity index (χ4n) is 1.99. The lowest BCUT2D eigenvalue weighted by molar-refractivity contribution is 0.522. The molecule has 2 N–H and O–H groups in total. The average molecular weight is 198 g/mol. The molecule has 3 nitrogen and oxygen atoms in total. The Labute approximate surface area is 81.2 Å². The van der Waals surface area contributed by atoms with Crippen molar-refractivity contribution in [3.63, 3.8) is 0 Å². The van der Waals surface area contributed by atoms with Crippen LogP contribution >= 0.6 is 11.3 Å². The lowest BCUT2D eigenvalue weighted by Gasteiger charge is -2.20. The number of H-pyrrole nitrogens is 1. The van der Waals surface area contributed by atoms with Gasteiger partial charge in [-0.2, -0.15) is 0 Å². The lowest BCUT2D eigenvalue weighted by atomic mass is 9.91. The Hall–Kier alpha value is -0.610. The minimum Gasteiger partial charge on any atom is -0.319 e. The minimum atomic E-state index is 0.105. The molecule has 1 aromatic heterocycles. The summed E-state index contributed by atoms with van der Waals surface area (Å²) in [6.45, 7) is 0.972. The van der Waals surface area contributed by atoms with Crippen LogP contribution in [0.1, 0.15) is 29.3 Å². The van der Waals surface area contributed by atoms with E-state index in [1.807, 2.05) is 7.05 Å². The van der Waals surface area contributed by atoms with E-state index in [0.29, 0.717) is 5.92 Å². The summed E-state index contributed by atoms with van der Waals surface area (Å²) in [5, 5.41) is 3.17. The van der Waals surface area contributed by atoms with E-state index >= 15 is 0 Å². The van der Waals surface area contributed by atoms with Gasteiger partial charge in [-0.1, -0.05) is 11.3 Å². The predicted octanol–water partition coefficient (Wildman–Crippen LogP) is 1.08. The Balaban J connectivity index is 2.30. The third-order valence-corrected chi connectivity index (χ3v) is 3.53. The highest BCUT2D eigenvalue weighted by atomic mass is 32.1. The Bertz CT molecular complexity index is 342. The smallest absolute Gasteiger partial charge is 0.304 e. The van der Waals surface area contributed by atoms with Crippen LogP contribution in [0.15, 0.2) is 4.79 Å². The van der Waals surface area contributed by atoms with E-state index in [0.717, 1.165) is 13.0 Å². The van der Waals surface area contributed by atoms with Crippen molar-refractivity contribution >= 4 is 11.3 Å². The molecule has 4 heteroatoms. The van der Waals surface area contributed by atoms with E-state index in [2.05, 4.69) is 10.3 Å². The first-order valence-corrected chi connectivity index (χ1v) is 5.49. The number of aryl methyl sites for hydroxylation is 1. The maximum atomic E-state index is 11.1. The molecular weight excluding hydrogens is 184 g/mol. The van der Waals surface area contributed by atoms with Crippen LogP contribution in [0.4, 0.5) is 0 Å². The number of hydrogen-bond acceptors (Lipinski definition) is 3. The van der Waals surface area contributed by atoms with E-state index in [9.17, 15) is 4.79 Å². The number of likely N-dealkylation sites (N-methyl/N-ethyl adjacent to an activating group) is 1. The molecule has 1 atom stereocenters. The van der Waals surface area contributed by atoms with Gasteiger partial charge in [0.05, 0.1) is 0 Å². The van der Waals surface area contributed by atoms with Crippen molar-refractivity contribution in [3.05, 3.63) is 20.2 Å². The Morgan fingerprint density at radius 3 is 3.31 bits per heavy atom. The number of aromatic amines is 1. The second kappa shape index (κ2) is 3.64. The molecule has 0 aromatic carbocycles. The van der Waals surface area contributed by atoms with E-state index in [4.69, 9.17) is 0 Å². The number of thiazole rings is 1. The predicted molar refractivity (Wildman–Crippen MR) is 54.5 cm³/mol. The van der Waals surface area contributed by atoms with Gasteiger partial charge in [0.2, 0.25) is 0 Å². The zero-order valence-electron chi connectivity index (χ0n) is 7.72. The van der Waals surface area contributed by atoms with Crippen LogP contribution in [-0.2, 0) is 6.42 Å². The highest BCUT2D eigenvalue weighted by Gasteiger charge is 2.22. The van der Waals surface area contributed by atoms with Gasteiger partial charge >= 0.3 is 4.87 Å². The highest BCUT2D eigenvalue weighted by molar-refractivity contribution is 7.09. The van der Waals surface area contributed by atoms with Gasteiger partial charge in [-0.15, -0.1) is 0 Å². The van der Waals surface area contributed by atoms with Crippen LogP contribution in [0.5, 0.6) is 0 Å². The van der Waals surface area contributed by atoms with Crippen LogP contribution in [0, 0.1) is 0 Å². The van der Waals surface area contributed by atoms with Gasteiger partial charge in [-0.3, -0.25) is 4.79 Å². The van der Waals surface area contributed by atoms with Gasteiger partial charge in [0.15, 0.2) is 0 Å². The molecule has 0 aliphatic heterocycles. The molecule has 0 bridgehead atoms. The largest absolute Gasteiger partial charge is 0.319 e. The second-order valence-electron chi connectivity index (χ2n) is 3.50. The summed E-state index contributed by atoms with van der Waals surface area (Å²) < 4.78 is 0. The molecule has 0 saturated carbocycles. The maximum absolute atomic E-state index is 11.1. The Kier molecular flexibility index (Phi) is 2.51. The third-order valence-electron chi connectivity index (χ3n) is 2.57. The van der Waals surface area contributed by atoms with Gasteiger partial charge in [-0.25, -0.2) is 0 Å². The minimum absolute atomic E-state index is 0.105. The summed E-state index contributed by atoms with van der Waals surface area (Å²) in [6.07, 6.45) is 3.49. The third kappa shape index (κ3) is 1.69. The Morgan fingerprint density at radius 2 is 2.54 bits per heavy atom. The van der Waals surface area contributed by atoms with Crippen LogP contribution in [0.25, 0.3) is 0 Å². The van der Waals surface area contributed by atoms with Crippen molar-refractivity contribution in [3.8, 4) is 0 Å². The highest BCUT2D eigenvalue weighted by Crippen LogP contribution is 2.30. The lowest BCUT2D eigenvalue weighted by Crippen LogP contribution is -2.21. The van der Waals surface area contributed by atoms with Gasteiger partial charge < -0.3 is 10.3 Å². The number of aromatic nitrogens is 1. The standard InChI is InChI=1S/C9H14N2OS/c1-10-5-6-3-2-4-7-8(6)11-9(12)13-7/h6,10H,2-5H2,1H3,(H,11,12). The molecule has 0 fully saturated rings. The van der Waals surface area contributed by atoms with Crippen molar-refractivity contribution < 1.29 is 0 Å². The van der Waals surface area contributed by atoms with Gasteiger partial charge in [0.25, 0.3) is 0 Å². The van der Waals surface area contributed by atoms with Crippen molar-refractivity contribution in [2.24, 2.45) is 0 Å².